The van der Waals surface area contributed by atoms with Crippen molar-refractivity contribution in [2.24, 2.45) is 0 Å². The standard InChI is InChI=1S/C33H33.C21H12Cl2.C5H5.Zr/c1-32(2,3)30-20-26-24(18-28(30)22-13-9-7-10-14-22)17-25-19-29(23-15-11-8-12-16-23)31(21-27(25)26)33(4,5)6;22-20-11-3-7-16-14(5-1-9-18(16)20)13-15-6-2-10-19-17(15)8-4-12-21(19)23;1-2-4-5-3-1;/h7-16,18,20-21H,17H2,1-6H3;1-12H;1-3H,4H2;. The number of halogens is 2. The van der Waals surface area contributed by atoms with E-state index in [1.807, 2.05) is 12.1 Å². The van der Waals surface area contributed by atoms with Gasteiger partial charge in [-0.1, -0.05) is 0 Å². The zero-order chi connectivity index (χ0) is 42.9. The number of hydrogen-bond donors (Lipinski definition) is 0. The zero-order valence-corrected chi connectivity index (χ0v) is 40.3. The summed E-state index contributed by atoms with van der Waals surface area (Å²) >= 11 is 10.8. The maximum absolute atomic E-state index is 7.09. The molecule has 62 heavy (non-hydrogen) atoms. The molecule has 0 nitrogen and oxygen atoms in total. The molecule has 0 aromatic heterocycles. The monoisotopic (exact) mass is 918 g/mol. The Morgan fingerprint density at radius 2 is 1.05 bits per heavy atom. The molecule has 8 aromatic rings. The van der Waals surface area contributed by atoms with E-state index in [0.29, 0.717) is 0 Å². The van der Waals surface area contributed by atoms with Crippen LogP contribution in [0.15, 0.2) is 173 Å². The Morgan fingerprint density at radius 3 is 1.60 bits per heavy atom. The van der Waals surface area contributed by atoms with E-state index in [-0.39, 0.29) is 10.8 Å². The summed E-state index contributed by atoms with van der Waals surface area (Å²) in [5.41, 5.74) is 16.1. The number of hydrogen-bond acceptors (Lipinski definition) is 0. The molecule has 2 aliphatic carbocycles. The van der Waals surface area contributed by atoms with Gasteiger partial charge in [-0.15, -0.1) is 0 Å². The van der Waals surface area contributed by atoms with Crippen LogP contribution in [0.2, 0.25) is 10.0 Å². The molecule has 8 aromatic carbocycles. The predicted molar refractivity (Wildman–Crippen MR) is 266 cm³/mol. The van der Waals surface area contributed by atoms with Crippen molar-refractivity contribution in [1.82, 2.24) is 0 Å². The van der Waals surface area contributed by atoms with Crippen molar-refractivity contribution in [2.45, 2.75) is 65.2 Å². The van der Waals surface area contributed by atoms with Crippen molar-refractivity contribution >= 4 is 51.2 Å². The average Bonchev–Trinajstić information content (AvgIpc) is 3.93. The number of allylic oxidation sites excluding steroid dienone is 4. The van der Waals surface area contributed by atoms with Gasteiger partial charge in [-0.05, 0) is 0 Å². The van der Waals surface area contributed by atoms with Crippen LogP contribution in [-0.2, 0) is 38.5 Å². The molecule has 0 atom stereocenters. The van der Waals surface area contributed by atoms with Gasteiger partial charge in [0.05, 0.1) is 0 Å². The van der Waals surface area contributed by atoms with E-state index in [9.17, 15) is 0 Å². The quantitative estimate of drug-likeness (QED) is 0.156. The molecular weight excluding hydrogens is 871 g/mol. The van der Waals surface area contributed by atoms with Gasteiger partial charge < -0.3 is 0 Å². The molecule has 0 spiro atoms. The Bertz CT molecular complexity index is 3100. The van der Waals surface area contributed by atoms with Crippen molar-refractivity contribution in [3.05, 3.63) is 217 Å². The third-order valence-electron chi connectivity index (χ3n) is 13.0. The minimum atomic E-state index is -3.39. The Balaban J connectivity index is 1.43. The van der Waals surface area contributed by atoms with Crippen LogP contribution in [0.25, 0.3) is 54.9 Å². The maximum atomic E-state index is 7.09. The van der Waals surface area contributed by atoms with Gasteiger partial charge in [0.2, 0.25) is 0 Å². The summed E-state index contributed by atoms with van der Waals surface area (Å²) in [6, 6.07) is 56.4. The van der Waals surface area contributed by atoms with Crippen LogP contribution in [0.1, 0.15) is 81.3 Å². The van der Waals surface area contributed by atoms with E-state index >= 15 is 0 Å². The fourth-order valence-corrected chi connectivity index (χ4v) is 19.2. The molecule has 3 heteroatoms. The topological polar surface area (TPSA) is 0 Å². The van der Waals surface area contributed by atoms with Crippen molar-refractivity contribution in [3.8, 4) is 33.4 Å². The first-order valence-corrected chi connectivity index (χ1v) is 26.3. The molecule has 0 saturated heterocycles. The van der Waals surface area contributed by atoms with Gasteiger partial charge in [0.25, 0.3) is 0 Å². The summed E-state index contributed by atoms with van der Waals surface area (Å²) in [6.45, 7) is 14.3. The van der Waals surface area contributed by atoms with Crippen LogP contribution >= 0.6 is 23.2 Å². The molecule has 304 valence electrons. The second-order valence-corrected chi connectivity index (χ2v) is 25.7. The molecule has 0 radical (unpaired) electrons. The third kappa shape index (κ3) is 7.16. The first kappa shape index (κ1) is 41.1. The minimum absolute atomic E-state index is 0.0594. The normalized spacial score (nSPS) is 13.4. The van der Waals surface area contributed by atoms with E-state index in [0.717, 1.165) is 33.7 Å². The van der Waals surface area contributed by atoms with E-state index < -0.39 is 21.3 Å². The zero-order valence-electron chi connectivity index (χ0n) is 36.3. The molecule has 0 heterocycles. The van der Waals surface area contributed by atoms with Crippen LogP contribution in [-0.4, -0.2) is 3.21 Å². The summed E-state index contributed by atoms with van der Waals surface area (Å²) in [4.78, 5) is 0. The number of benzene rings is 8. The van der Waals surface area contributed by atoms with Crippen LogP contribution < -0.4 is 3.27 Å². The summed E-state index contributed by atoms with van der Waals surface area (Å²) in [5, 5.41) is 6.09. The Hall–Kier alpha value is -4.91. The fraction of sp³-hybridized carbons (Fsp3) is 0.169. The molecule has 0 N–H and O–H groups in total. The van der Waals surface area contributed by atoms with Gasteiger partial charge in [0, 0.05) is 0 Å². The third-order valence-corrected chi connectivity index (χ3v) is 21.3. The van der Waals surface area contributed by atoms with Gasteiger partial charge in [-0.25, -0.2) is 0 Å². The van der Waals surface area contributed by atoms with Crippen LogP contribution in [0.3, 0.4) is 0 Å². The number of fused-ring (bicyclic) bond motifs is 5. The molecule has 0 aliphatic heterocycles. The van der Waals surface area contributed by atoms with E-state index in [4.69, 9.17) is 23.2 Å². The van der Waals surface area contributed by atoms with Gasteiger partial charge in [0.1, 0.15) is 0 Å². The van der Waals surface area contributed by atoms with Gasteiger partial charge >= 0.3 is 388 Å². The Morgan fingerprint density at radius 1 is 0.516 bits per heavy atom. The first-order chi connectivity index (χ1) is 29.9. The summed E-state index contributed by atoms with van der Waals surface area (Å²) in [6.07, 6.45) is 8.98. The molecule has 0 unspecified atom stereocenters. The van der Waals surface area contributed by atoms with Crippen LogP contribution in [0.4, 0.5) is 0 Å². The van der Waals surface area contributed by atoms with Crippen LogP contribution in [0.5, 0.6) is 0 Å². The molecule has 2 aliphatic rings. The molecule has 0 saturated carbocycles. The Labute approximate surface area is 384 Å². The van der Waals surface area contributed by atoms with E-state index in [1.54, 1.807) is 6.55 Å². The predicted octanol–water partition coefficient (Wildman–Crippen LogP) is 16.2. The second-order valence-electron chi connectivity index (χ2n) is 19.0. The van der Waals surface area contributed by atoms with Crippen LogP contribution in [0, 0.1) is 0 Å². The molecule has 0 amide bonds. The van der Waals surface area contributed by atoms with Gasteiger partial charge in [0.15, 0.2) is 0 Å². The Kier molecular flexibility index (Phi) is 10.6. The summed E-state index contributed by atoms with van der Waals surface area (Å²) < 4.78 is 4.62. The van der Waals surface area contributed by atoms with Crippen molar-refractivity contribution < 1.29 is 21.3 Å². The molecule has 0 bridgehead atoms. The van der Waals surface area contributed by atoms with Crippen molar-refractivity contribution in [2.75, 3.05) is 0 Å². The first-order valence-electron chi connectivity index (χ1n) is 21.8. The summed E-state index contributed by atoms with van der Waals surface area (Å²) in [7, 11) is 0. The van der Waals surface area contributed by atoms with E-state index in [1.165, 1.54) is 80.7 Å². The molecule has 0 fully saturated rings. The van der Waals surface area contributed by atoms with Crippen molar-refractivity contribution in [3.63, 3.8) is 0 Å². The van der Waals surface area contributed by atoms with Crippen molar-refractivity contribution in [1.29, 1.82) is 0 Å². The second kappa shape index (κ2) is 16.0. The number of rotatable bonds is 6. The molecular formula is C59H50Cl2Zr. The van der Waals surface area contributed by atoms with E-state index in [2.05, 4.69) is 199 Å². The van der Waals surface area contributed by atoms with Gasteiger partial charge in [-0.2, -0.15) is 0 Å². The fourth-order valence-electron chi connectivity index (χ4n) is 10.1. The summed E-state index contributed by atoms with van der Waals surface area (Å²) in [5.74, 6) is 0. The van der Waals surface area contributed by atoms with Gasteiger partial charge in [-0.3, -0.25) is 0 Å². The average molecular weight is 921 g/mol. The molecule has 10 rings (SSSR count). The SMILES string of the molecule is CC(C)(C)c1cc2c(cc1-c1ccccc1)Cc1c-2cc(C(C)(C)C)c(-c2ccccc2)[c]1[Zr]([C]1=CC=CC1)=[C](c1cccc2c(Cl)cccc12)c1cccc2c(Cl)cccc12.